The molecular formula is C21H21F3N6O2S. The number of thioether (sulfide) groups is 1. The third-order valence-corrected chi connectivity index (χ3v) is 6.58. The summed E-state index contributed by atoms with van der Waals surface area (Å²) in [4.78, 5) is 18.0. The van der Waals surface area contributed by atoms with Gasteiger partial charge in [0.05, 0.1) is 5.56 Å². The minimum Gasteiger partial charge on any atom is -0.410 e. The summed E-state index contributed by atoms with van der Waals surface area (Å²) in [5.41, 5.74) is 0.588. The number of benzene rings is 1. The van der Waals surface area contributed by atoms with Crippen molar-refractivity contribution in [3.8, 4) is 5.75 Å². The number of nitrogens with zero attached hydrogens (tertiary/aromatic N) is 6. The first-order chi connectivity index (χ1) is 15.8. The molecule has 3 heterocycles. The van der Waals surface area contributed by atoms with Gasteiger partial charge in [-0.25, -0.2) is 9.48 Å². The van der Waals surface area contributed by atoms with Crippen LogP contribution in [0.25, 0.3) is 0 Å². The molecule has 4 rings (SSSR count). The molecule has 0 atom stereocenters. The van der Waals surface area contributed by atoms with Gasteiger partial charge >= 0.3 is 12.3 Å². The Morgan fingerprint density at radius 3 is 2.45 bits per heavy atom. The fourth-order valence-corrected chi connectivity index (χ4v) is 4.39. The van der Waals surface area contributed by atoms with Gasteiger partial charge in [0.15, 0.2) is 0 Å². The molecule has 33 heavy (non-hydrogen) atoms. The minimum absolute atomic E-state index is 0.330. The van der Waals surface area contributed by atoms with Crippen molar-refractivity contribution in [2.45, 2.75) is 35.8 Å². The van der Waals surface area contributed by atoms with Gasteiger partial charge in [-0.15, -0.1) is 5.10 Å². The van der Waals surface area contributed by atoms with Crippen molar-refractivity contribution >= 4 is 17.9 Å². The van der Waals surface area contributed by atoms with Crippen LogP contribution in [0.3, 0.4) is 0 Å². The highest BCUT2D eigenvalue weighted by Gasteiger charge is 2.30. The van der Waals surface area contributed by atoms with E-state index in [0.717, 1.165) is 35.8 Å². The number of tetrazole rings is 1. The molecule has 1 saturated heterocycles. The zero-order valence-corrected chi connectivity index (χ0v) is 18.5. The van der Waals surface area contributed by atoms with E-state index in [1.807, 2.05) is 0 Å². The Hall–Kier alpha value is -3.15. The second kappa shape index (κ2) is 9.77. The smallest absolute Gasteiger partial charge is 0.410 e. The Morgan fingerprint density at radius 1 is 1.15 bits per heavy atom. The number of hydrogen-bond donors (Lipinski definition) is 0. The summed E-state index contributed by atoms with van der Waals surface area (Å²) in [5, 5.41) is 12.5. The van der Waals surface area contributed by atoms with E-state index in [4.69, 9.17) is 4.74 Å². The number of ether oxygens (including phenoxy) is 1. The molecule has 0 spiro atoms. The number of aromatic nitrogens is 5. The highest BCUT2D eigenvalue weighted by Crippen LogP contribution is 2.29. The van der Waals surface area contributed by atoms with Crippen molar-refractivity contribution in [2.24, 2.45) is 7.05 Å². The maximum atomic E-state index is 12.6. The number of carbonyl (C=O) groups excluding carboxylic acids is 1. The van der Waals surface area contributed by atoms with Crippen molar-refractivity contribution in [3.63, 3.8) is 0 Å². The van der Waals surface area contributed by atoms with E-state index in [-0.39, 0.29) is 0 Å². The third kappa shape index (κ3) is 6.01. The Bertz CT molecular complexity index is 1080. The van der Waals surface area contributed by atoms with Gasteiger partial charge < -0.3 is 9.64 Å². The Kier molecular flexibility index (Phi) is 6.82. The standard InChI is InChI=1S/C21H21F3N6O2S/c1-29-19(26-27-28-29)33-18-8-10-30(11-9-18)20(31)32-17-6-2-14(3-7-17)12-16-5-4-15(13-25-16)21(22,23)24/h2-7,13,18H,8-12H2,1H3. The normalized spacial score (nSPS) is 15.0. The number of pyridine rings is 1. The molecule has 174 valence electrons. The first kappa shape index (κ1) is 23.0. The third-order valence-electron chi connectivity index (χ3n) is 5.22. The molecule has 0 bridgehead atoms. The summed E-state index contributed by atoms with van der Waals surface area (Å²) < 4.78 is 45.0. The number of hydrogen-bond acceptors (Lipinski definition) is 7. The lowest BCUT2D eigenvalue weighted by atomic mass is 10.1. The summed E-state index contributed by atoms with van der Waals surface area (Å²) >= 11 is 1.61. The second-order valence-electron chi connectivity index (χ2n) is 7.61. The number of alkyl halides is 3. The highest BCUT2D eigenvalue weighted by atomic mass is 32.2. The van der Waals surface area contributed by atoms with E-state index in [1.165, 1.54) is 6.07 Å². The van der Waals surface area contributed by atoms with Gasteiger partial charge in [-0.1, -0.05) is 23.9 Å². The van der Waals surface area contributed by atoms with Crippen molar-refractivity contribution in [1.82, 2.24) is 30.1 Å². The maximum absolute atomic E-state index is 12.6. The SMILES string of the molecule is Cn1nnnc1SC1CCN(C(=O)Oc2ccc(Cc3ccc(C(F)(F)F)cn3)cc2)CC1. The summed E-state index contributed by atoms with van der Waals surface area (Å²) in [6.45, 7) is 1.17. The van der Waals surface area contributed by atoms with Gasteiger partial charge in [0.1, 0.15) is 5.75 Å². The van der Waals surface area contributed by atoms with Gasteiger partial charge in [0.25, 0.3) is 0 Å². The second-order valence-corrected chi connectivity index (χ2v) is 8.88. The topological polar surface area (TPSA) is 86.0 Å². The fraction of sp³-hybridized carbons (Fsp3) is 0.381. The minimum atomic E-state index is -4.40. The van der Waals surface area contributed by atoms with Crippen LogP contribution in [0.4, 0.5) is 18.0 Å². The van der Waals surface area contributed by atoms with Crippen LogP contribution in [0.5, 0.6) is 5.75 Å². The van der Waals surface area contributed by atoms with Crippen LogP contribution in [-0.2, 0) is 19.6 Å². The largest absolute Gasteiger partial charge is 0.417 e. The molecule has 0 N–H and O–H groups in total. The molecule has 1 fully saturated rings. The van der Waals surface area contributed by atoms with Crippen molar-refractivity contribution in [2.75, 3.05) is 13.1 Å². The molecule has 1 amide bonds. The summed E-state index contributed by atoms with van der Waals surface area (Å²) in [7, 11) is 1.79. The van der Waals surface area contributed by atoms with E-state index in [9.17, 15) is 18.0 Å². The summed E-state index contributed by atoms with van der Waals surface area (Å²) in [6.07, 6.45) is -1.98. The van der Waals surface area contributed by atoms with Crippen molar-refractivity contribution in [1.29, 1.82) is 0 Å². The van der Waals surface area contributed by atoms with Crippen molar-refractivity contribution in [3.05, 3.63) is 59.4 Å². The van der Waals surface area contributed by atoms with E-state index < -0.39 is 17.8 Å². The first-order valence-electron chi connectivity index (χ1n) is 10.2. The molecule has 2 aromatic heterocycles. The van der Waals surface area contributed by atoms with Gasteiger partial charge in [0.2, 0.25) is 5.16 Å². The maximum Gasteiger partial charge on any atom is 0.417 e. The van der Waals surface area contributed by atoms with Crippen LogP contribution < -0.4 is 4.74 Å². The Balaban J connectivity index is 1.26. The average Bonchev–Trinajstić information content (AvgIpc) is 3.19. The zero-order valence-electron chi connectivity index (χ0n) is 17.7. The molecule has 0 radical (unpaired) electrons. The number of aryl methyl sites for hydroxylation is 1. The van der Waals surface area contributed by atoms with Crippen LogP contribution in [0.1, 0.15) is 29.7 Å². The van der Waals surface area contributed by atoms with Crippen LogP contribution >= 0.6 is 11.8 Å². The Morgan fingerprint density at radius 2 is 1.88 bits per heavy atom. The number of likely N-dealkylation sites (tertiary alicyclic amines) is 1. The molecule has 0 unspecified atom stereocenters. The van der Waals surface area contributed by atoms with E-state index in [1.54, 1.807) is 52.7 Å². The molecule has 1 aliphatic heterocycles. The van der Waals surface area contributed by atoms with E-state index in [2.05, 4.69) is 20.5 Å². The molecule has 1 aliphatic rings. The quantitative estimate of drug-likeness (QED) is 0.549. The van der Waals surface area contributed by atoms with Crippen molar-refractivity contribution < 1.29 is 22.7 Å². The molecule has 1 aromatic carbocycles. The predicted octanol–water partition coefficient (Wildman–Crippen LogP) is 3.97. The first-order valence-corrected chi connectivity index (χ1v) is 11.1. The predicted molar refractivity (Wildman–Crippen MR) is 114 cm³/mol. The average molecular weight is 479 g/mol. The van der Waals surface area contributed by atoms with Crippen LogP contribution in [0.2, 0.25) is 0 Å². The van der Waals surface area contributed by atoms with Gasteiger partial charge in [-0.3, -0.25) is 4.98 Å². The lowest BCUT2D eigenvalue weighted by Gasteiger charge is -2.30. The van der Waals surface area contributed by atoms with E-state index >= 15 is 0 Å². The van der Waals surface area contributed by atoms with Crippen LogP contribution in [0.15, 0.2) is 47.8 Å². The monoisotopic (exact) mass is 478 g/mol. The Labute approximate surface area is 192 Å². The molecular weight excluding hydrogens is 457 g/mol. The molecule has 12 heteroatoms. The molecule has 0 aliphatic carbocycles. The molecule has 8 nitrogen and oxygen atoms in total. The fourth-order valence-electron chi connectivity index (χ4n) is 3.37. The molecule has 0 saturated carbocycles. The summed E-state index contributed by atoms with van der Waals surface area (Å²) in [5.74, 6) is 0.408. The lowest BCUT2D eigenvalue weighted by Crippen LogP contribution is -2.41. The van der Waals surface area contributed by atoms with Crippen LogP contribution in [0, 0.1) is 0 Å². The van der Waals surface area contributed by atoms with Gasteiger partial charge in [-0.2, -0.15) is 13.2 Å². The number of rotatable bonds is 5. The van der Waals surface area contributed by atoms with E-state index in [0.29, 0.717) is 36.2 Å². The number of piperidine rings is 1. The number of halogens is 3. The lowest BCUT2D eigenvalue weighted by molar-refractivity contribution is -0.137. The van der Waals surface area contributed by atoms with Gasteiger partial charge in [0, 0.05) is 43.7 Å². The zero-order chi connectivity index (χ0) is 23.4. The van der Waals surface area contributed by atoms with Gasteiger partial charge in [-0.05, 0) is 53.1 Å². The highest BCUT2D eigenvalue weighted by molar-refractivity contribution is 7.99. The number of carbonyl (C=O) groups is 1. The molecule has 3 aromatic rings. The number of amides is 1. The van der Waals surface area contributed by atoms with Crippen LogP contribution in [-0.4, -0.2) is 54.5 Å². The summed E-state index contributed by atoms with van der Waals surface area (Å²) in [6, 6.07) is 9.24.